The molecule has 0 bridgehead atoms. The van der Waals surface area contributed by atoms with E-state index in [2.05, 4.69) is 34.0 Å². The van der Waals surface area contributed by atoms with Crippen LogP contribution < -0.4 is 10.1 Å². The van der Waals surface area contributed by atoms with Crippen LogP contribution in [0.4, 0.5) is 5.82 Å². The Kier molecular flexibility index (Phi) is 5.60. The molecule has 1 aromatic heterocycles. The van der Waals surface area contributed by atoms with Crippen LogP contribution in [0.5, 0.6) is 5.75 Å². The molecule has 1 N–H and O–H groups in total. The number of nitrogens with zero attached hydrogens (tertiary/aromatic N) is 3. The number of nitrogens with one attached hydrogen (secondary N) is 1. The maximum Gasteiger partial charge on any atom is 0.256 e. The lowest BCUT2D eigenvalue weighted by atomic mass is 10.1. The van der Waals surface area contributed by atoms with Crippen molar-refractivity contribution >= 4 is 11.7 Å². The van der Waals surface area contributed by atoms with E-state index in [-0.39, 0.29) is 5.91 Å². The van der Waals surface area contributed by atoms with E-state index in [1.807, 2.05) is 18.2 Å². The van der Waals surface area contributed by atoms with Crippen LogP contribution in [0.1, 0.15) is 36.2 Å². The number of ether oxygens (including phenoxy) is 1. The first kappa shape index (κ1) is 17.4. The zero-order valence-corrected chi connectivity index (χ0v) is 14.7. The van der Waals surface area contributed by atoms with Gasteiger partial charge in [0.25, 0.3) is 5.91 Å². The number of carbonyl (C=O) groups excluding carboxylic acids is 1. The molecule has 6 nitrogen and oxygen atoms in total. The Morgan fingerprint density at radius 3 is 3.00 bits per heavy atom. The molecule has 0 fully saturated rings. The fourth-order valence-electron chi connectivity index (χ4n) is 2.75. The number of hydrogen-bond acceptors (Lipinski definition) is 5. The zero-order valence-electron chi connectivity index (χ0n) is 14.7. The lowest BCUT2D eigenvalue weighted by Crippen LogP contribution is -2.27. The number of hydrogen-bond donors (Lipinski definition) is 1. The first-order valence-corrected chi connectivity index (χ1v) is 8.67. The van der Waals surface area contributed by atoms with Crippen molar-refractivity contribution in [1.82, 2.24) is 14.9 Å². The highest BCUT2D eigenvalue weighted by Crippen LogP contribution is 2.25. The molecular formula is C19H24N4O2. The summed E-state index contributed by atoms with van der Waals surface area (Å²) in [4.78, 5) is 22.6. The van der Waals surface area contributed by atoms with E-state index in [0.717, 1.165) is 30.9 Å². The van der Waals surface area contributed by atoms with Crippen molar-refractivity contribution in [1.29, 1.82) is 0 Å². The van der Waals surface area contributed by atoms with E-state index in [0.29, 0.717) is 23.9 Å². The second-order valence-corrected chi connectivity index (χ2v) is 6.68. The van der Waals surface area contributed by atoms with Crippen LogP contribution in [0.2, 0.25) is 0 Å². The van der Waals surface area contributed by atoms with E-state index in [1.165, 1.54) is 12.7 Å². The van der Waals surface area contributed by atoms with Crippen LogP contribution in [0.3, 0.4) is 0 Å². The molecule has 1 aliphatic heterocycles. The van der Waals surface area contributed by atoms with Crippen molar-refractivity contribution in [2.24, 2.45) is 5.92 Å². The number of benzene rings is 1. The smallest absolute Gasteiger partial charge is 0.256 e. The van der Waals surface area contributed by atoms with Crippen LogP contribution in [-0.2, 0) is 6.54 Å². The maximum absolute atomic E-state index is 12.4. The second kappa shape index (κ2) is 8.07. The van der Waals surface area contributed by atoms with Gasteiger partial charge in [0.05, 0.1) is 0 Å². The number of fused-ring (bicyclic) bond motifs is 1. The van der Waals surface area contributed by atoms with E-state index in [4.69, 9.17) is 4.74 Å². The third kappa shape index (κ3) is 4.76. The summed E-state index contributed by atoms with van der Waals surface area (Å²) in [6.45, 7) is 7.95. The van der Waals surface area contributed by atoms with Crippen molar-refractivity contribution < 1.29 is 9.53 Å². The predicted octanol–water partition coefficient (Wildman–Crippen LogP) is 2.97. The fourth-order valence-corrected chi connectivity index (χ4v) is 2.75. The van der Waals surface area contributed by atoms with Crippen LogP contribution in [0.25, 0.3) is 0 Å². The Morgan fingerprint density at radius 2 is 2.24 bits per heavy atom. The summed E-state index contributed by atoms with van der Waals surface area (Å²) in [6.07, 6.45) is 4.17. The first-order valence-electron chi connectivity index (χ1n) is 8.67. The van der Waals surface area contributed by atoms with Gasteiger partial charge in [0.2, 0.25) is 0 Å². The molecule has 2 aromatic rings. The lowest BCUT2D eigenvalue weighted by molar-refractivity contribution is 0.102. The molecule has 1 aromatic carbocycles. The summed E-state index contributed by atoms with van der Waals surface area (Å²) in [5, 5.41) is 2.77. The second-order valence-electron chi connectivity index (χ2n) is 6.68. The third-order valence-corrected chi connectivity index (χ3v) is 4.23. The first-order chi connectivity index (χ1) is 12.1. The molecule has 0 aliphatic carbocycles. The molecule has 3 rings (SSSR count). The Morgan fingerprint density at radius 1 is 1.36 bits per heavy atom. The van der Waals surface area contributed by atoms with Crippen LogP contribution >= 0.6 is 0 Å². The average molecular weight is 340 g/mol. The van der Waals surface area contributed by atoms with Crippen molar-refractivity contribution in [3.63, 3.8) is 0 Å². The van der Waals surface area contributed by atoms with Gasteiger partial charge < -0.3 is 10.1 Å². The highest BCUT2D eigenvalue weighted by molar-refractivity contribution is 6.04. The Labute approximate surface area is 148 Å². The van der Waals surface area contributed by atoms with E-state index < -0.39 is 0 Å². The Balaban J connectivity index is 1.69. The van der Waals surface area contributed by atoms with E-state index in [1.54, 1.807) is 12.3 Å². The molecule has 0 radical (unpaired) electrons. The van der Waals surface area contributed by atoms with Gasteiger partial charge in [-0.15, -0.1) is 0 Å². The summed E-state index contributed by atoms with van der Waals surface area (Å²) in [6, 6.07) is 7.30. The SMILES string of the molecule is CC(C)CCN1CCOc2cc(C(=O)Nc3ccncn3)ccc2C1. The normalized spacial score (nSPS) is 14.5. The number of rotatable bonds is 5. The van der Waals surface area contributed by atoms with Gasteiger partial charge >= 0.3 is 0 Å². The Hall–Kier alpha value is -2.47. The van der Waals surface area contributed by atoms with Crippen molar-refractivity contribution in [3.8, 4) is 5.75 Å². The highest BCUT2D eigenvalue weighted by atomic mass is 16.5. The van der Waals surface area contributed by atoms with Crippen molar-refractivity contribution in [2.45, 2.75) is 26.8 Å². The summed E-state index contributed by atoms with van der Waals surface area (Å²) in [5.41, 5.74) is 1.69. The van der Waals surface area contributed by atoms with E-state index in [9.17, 15) is 4.79 Å². The van der Waals surface area contributed by atoms with Crippen molar-refractivity contribution in [2.75, 3.05) is 25.0 Å². The van der Waals surface area contributed by atoms with Gasteiger partial charge in [-0.25, -0.2) is 9.97 Å². The van der Waals surface area contributed by atoms with Crippen molar-refractivity contribution in [3.05, 3.63) is 47.9 Å². The standard InChI is InChI=1S/C19H24N4O2/c1-14(2)6-8-23-9-10-25-17-11-15(3-4-16(17)12-23)19(24)22-18-5-7-20-13-21-18/h3-5,7,11,13-14H,6,8-10,12H2,1-2H3,(H,20,21,22,24). The molecule has 1 aliphatic rings. The lowest BCUT2D eigenvalue weighted by Gasteiger charge is -2.20. The summed E-state index contributed by atoms with van der Waals surface area (Å²) in [5.74, 6) is 1.76. The molecule has 0 spiro atoms. The summed E-state index contributed by atoms with van der Waals surface area (Å²) in [7, 11) is 0. The molecule has 25 heavy (non-hydrogen) atoms. The number of amides is 1. The number of aromatic nitrogens is 2. The van der Waals surface area contributed by atoms with Gasteiger partial charge in [0.15, 0.2) is 0 Å². The zero-order chi connectivity index (χ0) is 17.6. The summed E-state index contributed by atoms with van der Waals surface area (Å²) < 4.78 is 5.88. The number of carbonyl (C=O) groups is 1. The molecule has 0 atom stereocenters. The quantitative estimate of drug-likeness (QED) is 0.906. The van der Waals surface area contributed by atoms with Gasteiger partial charge in [-0.3, -0.25) is 9.69 Å². The minimum absolute atomic E-state index is 0.203. The van der Waals surface area contributed by atoms with Gasteiger partial charge in [-0.1, -0.05) is 19.9 Å². The molecule has 6 heteroatoms. The number of anilines is 1. The molecule has 0 unspecified atom stereocenters. The minimum Gasteiger partial charge on any atom is -0.492 e. The molecule has 0 saturated heterocycles. The third-order valence-electron chi connectivity index (χ3n) is 4.23. The monoisotopic (exact) mass is 340 g/mol. The van der Waals surface area contributed by atoms with Gasteiger partial charge in [-0.2, -0.15) is 0 Å². The summed E-state index contributed by atoms with van der Waals surface area (Å²) >= 11 is 0. The van der Waals surface area contributed by atoms with Crippen LogP contribution in [-0.4, -0.2) is 40.5 Å². The molecule has 132 valence electrons. The average Bonchev–Trinajstić information content (AvgIpc) is 2.82. The van der Waals surface area contributed by atoms with E-state index >= 15 is 0 Å². The predicted molar refractivity (Wildman–Crippen MR) is 96.7 cm³/mol. The largest absolute Gasteiger partial charge is 0.492 e. The Bertz CT molecular complexity index is 719. The minimum atomic E-state index is -0.203. The van der Waals surface area contributed by atoms with Crippen LogP contribution in [0, 0.1) is 5.92 Å². The van der Waals surface area contributed by atoms with Crippen LogP contribution in [0.15, 0.2) is 36.8 Å². The maximum atomic E-state index is 12.4. The molecule has 1 amide bonds. The van der Waals surface area contributed by atoms with Gasteiger partial charge in [0, 0.05) is 30.4 Å². The fraction of sp³-hybridized carbons (Fsp3) is 0.421. The van der Waals surface area contributed by atoms with Gasteiger partial charge in [0.1, 0.15) is 24.5 Å². The highest BCUT2D eigenvalue weighted by Gasteiger charge is 2.17. The molecule has 0 saturated carbocycles. The van der Waals surface area contributed by atoms with Gasteiger partial charge in [-0.05, 0) is 37.1 Å². The topological polar surface area (TPSA) is 67.3 Å². The molecule has 2 heterocycles. The molecular weight excluding hydrogens is 316 g/mol.